The maximum atomic E-state index is 12.8. The number of para-hydroxylation sites is 4. The predicted octanol–water partition coefficient (Wildman–Crippen LogP) is 15.9. The summed E-state index contributed by atoms with van der Waals surface area (Å²) in [4.78, 5) is 30.4. The van der Waals surface area contributed by atoms with Crippen molar-refractivity contribution in [1.29, 1.82) is 0 Å². The summed E-state index contributed by atoms with van der Waals surface area (Å²) in [6.45, 7) is 1.70. The van der Waals surface area contributed by atoms with Crippen molar-refractivity contribution in [3.8, 4) is 11.5 Å². The minimum absolute atomic E-state index is 0.168. The third-order valence-corrected chi connectivity index (χ3v) is 12.3. The molecule has 10 heteroatoms. The number of nitrogens with zero attached hydrogens (tertiary/aromatic N) is 2. The molecule has 346 valence electrons. The van der Waals surface area contributed by atoms with Gasteiger partial charge in [-0.05, 0) is 96.1 Å². The summed E-state index contributed by atoms with van der Waals surface area (Å²) in [5.41, 5.74) is 8.14. The SMILES string of the molecule is ClCCl.O=C1CCCCCCCOc2ccccc2OCCCCCCCC(=O)OCc2ccc(cc2)N2c3ccccc3N(c3ccc(cc3)CO1)c1c2c2ccccc2c2ccccc12. The van der Waals surface area contributed by atoms with Gasteiger partial charge in [0.1, 0.15) is 13.2 Å². The van der Waals surface area contributed by atoms with Crippen molar-refractivity contribution in [2.45, 2.75) is 90.3 Å². The first kappa shape index (κ1) is 47.3. The van der Waals surface area contributed by atoms with E-state index in [1.54, 1.807) is 0 Å². The van der Waals surface area contributed by atoms with E-state index in [9.17, 15) is 9.59 Å². The number of anilines is 6. The minimum atomic E-state index is -0.168. The topological polar surface area (TPSA) is 77.5 Å². The second-order valence-electron chi connectivity index (χ2n) is 16.9. The molecule has 5 heterocycles. The lowest BCUT2D eigenvalue weighted by Crippen LogP contribution is -2.24. The second kappa shape index (κ2) is 24.0. The standard InChI is InChI=1S/C56H56N2O6.CH2Cl2/c59-53-27-7-3-1-5-17-37-61-51-25-15-16-26-52(51)62-38-18-6-2-4-8-28-54(60)64-40-42-31-35-44(36-32-42)58-50-24-14-13-23-49(50)57(43-33-29-41(30-34-43)39-63-53)55-47-21-11-9-19-45(47)46-20-10-12-22-48(46)56(55)58;2-1-3/h9-16,19-26,29-36H,1-8,17-18,27-28,37-40H2;1H2. The van der Waals surface area contributed by atoms with E-state index in [-0.39, 0.29) is 30.5 Å². The summed E-state index contributed by atoms with van der Waals surface area (Å²) in [5.74, 6) is 1.22. The van der Waals surface area contributed by atoms with Crippen molar-refractivity contribution >= 4 is 90.8 Å². The number of carbonyl (C=O) groups is 2. The first-order valence-corrected chi connectivity index (χ1v) is 24.7. The van der Waals surface area contributed by atoms with Crippen molar-refractivity contribution < 1.29 is 28.5 Å². The Morgan fingerprint density at radius 1 is 0.388 bits per heavy atom. The molecule has 12 rings (SSSR count). The van der Waals surface area contributed by atoms with Crippen LogP contribution in [0.5, 0.6) is 11.5 Å². The van der Waals surface area contributed by atoms with Gasteiger partial charge in [-0.1, -0.05) is 136 Å². The Morgan fingerprint density at radius 3 is 1.15 bits per heavy atom. The Balaban J connectivity index is 0.00000198. The van der Waals surface area contributed by atoms with E-state index in [0.717, 1.165) is 132 Å². The van der Waals surface area contributed by atoms with Crippen LogP contribution in [0, 0.1) is 0 Å². The molecule has 5 aliphatic heterocycles. The summed E-state index contributed by atoms with van der Waals surface area (Å²) in [6, 6.07) is 50.5. The highest BCUT2D eigenvalue weighted by Gasteiger charge is 2.34. The fourth-order valence-electron chi connectivity index (χ4n) is 8.99. The summed E-state index contributed by atoms with van der Waals surface area (Å²) in [5, 5.41) is 4.83. The molecule has 0 saturated carbocycles. The van der Waals surface area contributed by atoms with Crippen molar-refractivity contribution in [2.75, 3.05) is 28.4 Å². The van der Waals surface area contributed by atoms with Crippen LogP contribution in [0.1, 0.15) is 88.2 Å². The van der Waals surface area contributed by atoms with Crippen LogP contribution in [-0.2, 0) is 32.3 Å². The number of hydrogen-bond donors (Lipinski definition) is 0. The molecule has 0 spiro atoms. The van der Waals surface area contributed by atoms with E-state index in [4.69, 9.17) is 42.1 Å². The molecular formula is C57H58Cl2N2O6. The van der Waals surface area contributed by atoms with Gasteiger partial charge in [-0.3, -0.25) is 9.59 Å². The molecule has 67 heavy (non-hydrogen) atoms. The Kier molecular flexibility index (Phi) is 16.9. The Hall–Kier alpha value is -6.22. The lowest BCUT2D eigenvalue weighted by molar-refractivity contribution is -0.146. The molecule has 0 atom stereocenters. The van der Waals surface area contributed by atoms with Crippen LogP contribution >= 0.6 is 23.2 Å². The summed E-state index contributed by atoms with van der Waals surface area (Å²) in [7, 11) is 0. The third kappa shape index (κ3) is 11.8. The molecule has 8 nitrogen and oxygen atoms in total. The van der Waals surface area contributed by atoms with Crippen molar-refractivity contribution in [2.24, 2.45) is 0 Å². The van der Waals surface area contributed by atoms with Gasteiger partial charge in [0.2, 0.25) is 0 Å². The number of halogens is 2. The van der Waals surface area contributed by atoms with Gasteiger partial charge in [-0.25, -0.2) is 0 Å². The first-order chi connectivity index (χ1) is 33.0. The van der Waals surface area contributed by atoms with E-state index in [2.05, 4.69) is 131 Å². The molecule has 7 aromatic carbocycles. The second-order valence-corrected chi connectivity index (χ2v) is 17.7. The predicted molar refractivity (Wildman–Crippen MR) is 273 cm³/mol. The zero-order valence-corrected chi connectivity index (χ0v) is 39.5. The zero-order valence-electron chi connectivity index (χ0n) is 38.0. The summed E-state index contributed by atoms with van der Waals surface area (Å²) >= 11 is 9.53. The van der Waals surface area contributed by atoms with Gasteiger partial charge in [0, 0.05) is 35.0 Å². The number of alkyl halides is 2. The normalized spacial score (nSPS) is 15.8. The number of rotatable bonds is 0. The number of hydrogen-bond acceptors (Lipinski definition) is 8. The van der Waals surface area contributed by atoms with E-state index >= 15 is 0 Å². The van der Waals surface area contributed by atoms with Gasteiger partial charge in [0.15, 0.2) is 11.5 Å². The Bertz CT molecular complexity index is 2540. The largest absolute Gasteiger partial charge is 0.490 e. The molecule has 0 fully saturated rings. The van der Waals surface area contributed by atoms with Crippen LogP contribution in [0.2, 0.25) is 0 Å². The van der Waals surface area contributed by atoms with E-state index in [1.165, 1.54) is 10.8 Å². The highest BCUT2D eigenvalue weighted by atomic mass is 35.5. The van der Waals surface area contributed by atoms with Crippen molar-refractivity contribution in [3.05, 3.63) is 157 Å². The van der Waals surface area contributed by atoms with Crippen LogP contribution in [0.25, 0.3) is 21.5 Å². The monoisotopic (exact) mass is 936 g/mol. The van der Waals surface area contributed by atoms with Gasteiger partial charge >= 0.3 is 11.9 Å². The van der Waals surface area contributed by atoms with Gasteiger partial charge in [0.25, 0.3) is 0 Å². The molecule has 0 N–H and O–H groups in total. The summed E-state index contributed by atoms with van der Waals surface area (Å²) < 4.78 is 23.7. The molecule has 0 saturated heterocycles. The third-order valence-electron chi connectivity index (χ3n) is 12.3. The number of carbonyl (C=O) groups excluding carboxylic acids is 2. The maximum absolute atomic E-state index is 12.8. The van der Waals surface area contributed by atoms with Crippen molar-refractivity contribution in [3.63, 3.8) is 0 Å². The van der Waals surface area contributed by atoms with Gasteiger partial charge in [-0.2, -0.15) is 0 Å². The molecule has 0 amide bonds. The van der Waals surface area contributed by atoms with Crippen LogP contribution in [0.4, 0.5) is 34.1 Å². The van der Waals surface area contributed by atoms with E-state index in [0.29, 0.717) is 26.1 Å². The van der Waals surface area contributed by atoms with Gasteiger partial charge in [-0.15, -0.1) is 23.2 Å². The average molecular weight is 938 g/mol. The lowest BCUT2D eigenvalue weighted by atomic mass is 9.93. The molecule has 6 bridgehead atoms. The van der Waals surface area contributed by atoms with Crippen LogP contribution in [0.15, 0.2) is 146 Å². The number of esters is 2. The van der Waals surface area contributed by atoms with Crippen molar-refractivity contribution in [1.82, 2.24) is 0 Å². The average Bonchev–Trinajstić information content (AvgIpc) is 3.36. The summed E-state index contributed by atoms with van der Waals surface area (Å²) in [6.07, 6.45) is 10.4. The van der Waals surface area contributed by atoms with E-state index in [1.807, 2.05) is 24.3 Å². The fraction of sp³-hybridized carbons (Fsp3) is 0.298. The lowest BCUT2D eigenvalue weighted by Gasteiger charge is -2.42. The molecule has 5 aliphatic rings. The molecule has 7 aromatic rings. The first-order valence-electron chi connectivity index (χ1n) is 23.6. The highest BCUT2D eigenvalue weighted by Crippen LogP contribution is 2.59. The van der Waals surface area contributed by atoms with Crippen LogP contribution in [0.3, 0.4) is 0 Å². The van der Waals surface area contributed by atoms with Crippen LogP contribution < -0.4 is 19.3 Å². The quantitative estimate of drug-likeness (QED) is 0.0845. The zero-order chi connectivity index (χ0) is 46.2. The Morgan fingerprint density at radius 2 is 0.731 bits per heavy atom. The number of fused-ring (bicyclic) bond motifs is 5. The number of ether oxygens (including phenoxy) is 4. The minimum Gasteiger partial charge on any atom is -0.490 e. The molecular weight excluding hydrogens is 880 g/mol. The molecule has 0 aliphatic carbocycles. The molecule has 0 radical (unpaired) electrons. The molecule has 0 unspecified atom stereocenters. The number of benzene rings is 7. The fourth-order valence-corrected chi connectivity index (χ4v) is 8.99. The smallest absolute Gasteiger partial charge is 0.306 e. The Labute approximate surface area is 404 Å². The highest BCUT2D eigenvalue weighted by molar-refractivity contribution is 6.40. The molecule has 0 aromatic heterocycles. The maximum Gasteiger partial charge on any atom is 0.306 e. The van der Waals surface area contributed by atoms with Gasteiger partial charge in [0.05, 0.1) is 41.3 Å². The van der Waals surface area contributed by atoms with Gasteiger partial charge < -0.3 is 28.7 Å². The van der Waals surface area contributed by atoms with E-state index < -0.39 is 0 Å². The van der Waals surface area contributed by atoms with Crippen LogP contribution in [-0.4, -0.2) is 30.5 Å².